The van der Waals surface area contributed by atoms with Gasteiger partial charge in [-0.3, -0.25) is 0 Å². The second-order valence-electron chi connectivity index (χ2n) is 3.12. The number of halogens is 2. The molecule has 1 aromatic carbocycles. The molecule has 0 aliphatic carbocycles. The molecule has 0 unspecified atom stereocenters. The summed E-state index contributed by atoms with van der Waals surface area (Å²) in [5.41, 5.74) is -0.401. The normalized spacial score (nSPS) is 11.3. The highest BCUT2D eigenvalue weighted by molar-refractivity contribution is 5.52. The molecule has 5 heteroatoms. The molecule has 0 aromatic heterocycles. The Balaban J connectivity index is 3.42. The van der Waals surface area contributed by atoms with Gasteiger partial charge in [0, 0.05) is 13.0 Å². The van der Waals surface area contributed by atoms with Crippen LogP contribution in [0.1, 0.15) is 12.5 Å². The highest BCUT2D eigenvalue weighted by Gasteiger charge is 2.31. The lowest BCUT2D eigenvalue weighted by atomic mass is 10.1. The van der Waals surface area contributed by atoms with Gasteiger partial charge >= 0.3 is 0 Å². The number of ether oxygens (including phenoxy) is 2. The van der Waals surface area contributed by atoms with Crippen LogP contribution < -0.4 is 9.47 Å². The smallest absolute Gasteiger partial charge is 0.274 e. The monoisotopic (exact) mass is 218 g/mol. The molecule has 0 amide bonds. The van der Waals surface area contributed by atoms with Crippen molar-refractivity contribution in [2.24, 2.45) is 0 Å². The Kier molecular flexibility index (Phi) is 3.02. The minimum atomic E-state index is -3.10. The summed E-state index contributed by atoms with van der Waals surface area (Å²) in [5.74, 6) is -3.38. The lowest BCUT2D eigenvalue weighted by Crippen LogP contribution is -2.09. The van der Waals surface area contributed by atoms with Crippen molar-refractivity contribution in [3.8, 4) is 17.2 Å². The first-order valence-corrected chi connectivity index (χ1v) is 4.23. The number of alkyl halides is 2. The van der Waals surface area contributed by atoms with Gasteiger partial charge in [0.1, 0.15) is 5.75 Å². The lowest BCUT2D eigenvalue weighted by molar-refractivity contribution is 0.0145. The third kappa shape index (κ3) is 2.29. The first kappa shape index (κ1) is 11.6. The van der Waals surface area contributed by atoms with Gasteiger partial charge in [-0.25, -0.2) is 8.78 Å². The molecule has 3 nitrogen and oxygen atoms in total. The molecule has 0 aliphatic heterocycles. The molecule has 0 heterocycles. The summed E-state index contributed by atoms with van der Waals surface area (Å²) in [7, 11) is 2.58. The zero-order valence-electron chi connectivity index (χ0n) is 8.67. The standard InChI is InChI=1S/C10H12F2O3/c1-10(11,12)7-4-6(13)5-8(14-2)9(7)15-3/h4-5,13H,1-3H3. The Hall–Kier alpha value is -1.52. The van der Waals surface area contributed by atoms with Crippen LogP contribution >= 0.6 is 0 Å². The number of hydrogen-bond donors (Lipinski definition) is 1. The highest BCUT2D eigenvalue weighted by atomic mass is 19.3. The van der Waals surface area contributed by atoms with E-state index >= 15 is 0 Å². The molecule has 0 saturated carbocycles. The van der Waals surface area contributed by atoms with E-state index in [9.17, 15) is 13.9 Å². The largest absolute Gasteiger partial charge is 0.508 e. The second kappa shape index (κ2) is 3.92. The van der Waals surface area contributed by atoms with E-state index in [-0.39, 0.29) is 17.2 Å². The van der Waals surface area contributed by atoms with Crippen molar-refractivity contribution >= 4 is 0 Å². The molecule has 1 rings (SSSR count). The Labute approximate surface area is 86.2 Å². The van der Waals surface area contributed by atoms with Crippen LogP contribution in [0, 0.1) is 0 Å². The fraction of sp³-hybridized carbons (Fsp3) is 0.400. The number of rotatable bonds is 3. The summed E-state index contributed by atoms with van der Waals surface area (Å²) in [4.78, 5) is 0. The van der Waals surface area contributed by atoms with E-state index in [1.54, 1.807) is 0 Å². The van der Waals surface area contributed by atoms with Gasteiger partial charge in [0.2, 0.25) is 0 Å². The van der Waals surface area contributed by atoms with Gasteiger partial charge in [0.25, 0.3) is 5.92 Å². The molecular weight excluding hydrogens is 206 g/mol. The minimum Gasteiger partial charge on any atom is -0.508 e. The molecule has 0 bridgehead atoms. The summed E-state index contributed by atoms with van der Waals surface area (Å²) < 4.78 is 36.0. The van der Waals surface area contributed by atoms with Gasteiger partial charge in [-0.1, -0.05) is 0 Å². The van der Waals surface area contributed by atoms with Crippen LogP contribution in [0.2, 0.25) is 0 Å². The summed E-state index contributed by atoms with van der Waals surface area (Å²) in [6, 6.07) is 2.18. The van der Waals surface area contributed by atoms with E-state index in [1.807, 2.05) is 0 Å². The Morgan fingerprint density at radius 1 is 1.20 bits per heavy atom. The first-order valence-electron chi connectivity index (χ1n) is 4.23. The SMILES string of the molecule is COc1cc(O)cc(C(C)(F)F)c1OC. The number of benzene rings is 1. The predicted octanol–water partition coefficient (Wildman–Crippen LogP) is 2.52. The van der Waals surface area contributed by atoms with Crippen molar-refractivity contribution in [2.45, 2.75) is 12.8 Å². The summed E-state index contributed by atoms with van der Waals surface area (Å²) in [6.45, 7) is 0.726. The van der Waals surface area contributed by atoms with Crippen LogP contribution in [0.5, 0.6) is 17.2 Å². The topological polar surface area (TPSA) is 38.7 Å². The molecule has 84 valence electrons. The fourth-order valence-electron chi connectivity index (χ4n) is 1.28. The van der Waals surface area contributed by atoms with Gasteiger partial charge in [-0.05, 0) is 6.07 Å². The number of hydrogen-bond acceptors (Lipinski definition) is 3. The van der Waals surface area contributed by atoms with Crippen LogP contribution in [0.15, 0.2) is 12.1 Å². The molecule has 0 fully saturated rings. The van der Waals surface area contributed by atoms with Crippen LogP contribution in [-0.4, -0.2) is 19.3 Å². The Bertz CT molecular complexity index is 358. The van der Waals surface area contributed by atoms with Crippen molar-refractivity contribution in [1.29, 1.82) is 0 Å². The zero-order valence-corrected chi connectivity index (χ0v) is 8.67. The number of phenolic OH excluding ortho intramolecular Hbond substituents is 1. The van der Waals surface area contributed by atoms with Crippen molar-refractivity contribution in [2.75, 3.05) is 14.2 Å². The number of phenols is 1. The lowest BCUT2D eigenvalue weighted by Gasteiger charge is -2.17. The van der Waals surface area contributed by atoms with E-state index in [2.05, 4.69) is 0 Å². The highest BCUT2D eigenvalue weighted by Crippen LogP contribution is 2.42. The van der Waals surface area contributed by atoms with Crippen molar-refractivity contribution in [1.82, 2.24) is 0 Å². The Morgan fingerprint density at radius 3 is 2.20 bits per heavy atom. The maximum atomic E-state index is 13.2. The summed E-state index contributed by atoms with van der Waals surface area (Å²) >= 11 is 0. The fourth-order valence-corrected chi connectivity index (χ4v) is 1.28. The van der Waals surface area contributed by atoms with E-state index in [0.29, 0.717) is 0 Å². The minimum absolute atomic E-state index is 0.0669. The van der Waals surface area contributed by atoms with Gasteiger partial charge < -0.3 is 14.6 Å². The molecule has 15 heavy (non-hydrogen) atoms. The second-order valence-corrected chi connectivity index (χ2v) is 3.12. The third-order valence-electron chi connectivity index (χ3n) is 1.94. The third-order valence-corrected chi connectivity index (χ3v) is 1.94. The molecule has 1 N–H and O–H groups in total. The van der Waals surface area contributed by atoms with Crippen molar-refractivity contribution < 1.29 is 23.4 Å². The molecule has 0 saturated heterocycles. The van der Waals surface area contributed by atoms with E-state index < -0.39 is 11.5 Å². The van der Waals surface area contributed by atoms with Crippen LogP contribution in [-0.2, 0) is 5.92 Å². The van der Waals surface area contributed by atoms with Gasteiger partial charge in [0.15, 0.2) is 11.5 Å². The molecule has 1 aromatic rings. The summed E-state index contributed by atoms with van der Waals surface area (Å²) in [5, 5.41) is 9.24. The maximum Gasteiger partial charge on any atom is 0.274 e. The number of methoxy groups -OCH3 is 2. The molecule has 0 aliphatic rings. The summed E-state index contributed by atoms with van der Waals surface area (Å²) in [6.07, 6.45) is 0. The van der Waals surface area contributed by atoms with Crippen LogP contribution in [0.25, 0.3) is 0 Å². The van der Waals surface area contributed by atoms with Crippen molar-refractivity contribution in [3.63, 3.8) is 0 Å². The van der Waals surface area contributed by atoms with Crippen molar-refractivity contribution in [3.05, 3.63) is 17.7 Å². The predicted molar refractivity (Wildman–Crippen MR) is 50.8 cm³/mol. The average Bonchev–Trinajstić information content (AvgIpc) is 2.15. The first-order chi connectivity index (χ1) is 6.90. The zero-order chi connectivity index (χ0) is 11.6. The molecule has 0 radical (unpaired) electrons. The number of aromatic hydroxyl groups is 1. The molecule has 0 atom stereocenters. The quantitative estimate of drug-likeness (QED) is 0.847. The van der Waals surface area contributed by atoms with Gasteiger partial charge in [-0.2, -0.15) is 0 Å². The molecule has 0 spiro atoms. The van der Waals surface area contributed by atoms with E-state index in [0.717, 1.165) is 13.0 Å². The maximum absolute atomic E-state index is 13.2. The molecular formula is C10H12F2O3. The van der Waals surface area contributed by atoms with Crippen LogP contribution in [0.3, 0.4) is 0 Å². The Morgan fingerprint density at radius 2 is 1.80 bits per heavy atom. The van der Waals surface area contributed by atoms with Crippen LogP contribution in [0.4, 0.5) is 8.78 Å². The average molecular weight is 218 g/mol. The van der Waals surface area contributed by atoms with E-state index in [1.165, 1.54) is 20.3 Å². The van der Waals surface area contributed by atoms with E-state index in [4.69, 9.17) is 9.47 Å². The van der Waals surface area contributed by atoms with Gasteiger partial charge in [-0.15, -0.1) is 0 Å². The van der Waals surface area contributed by atoms with Gasteiger partial charge in [0.05, 0.1) is 19.8 Å².